The number of hydrogen-bond donors (Lipinski definition) is 2. The molecule has 0 saturated carbocycles. The molecule has 2 amide bonds. The Balaban J connectivity index is 2.84. The third-order valence-corrected chi connectivity index (χ3v) is 2.86. The lowest BCUT2D eigenvalue weighted by atomic mass is 10.1. The third kappa shape index (κ3) is 5.27. The molecule has 20 heavy (non-hydrogen) atoms. The fraction of sp³-hybridized carbons (Fsp3) is 0.385. The van der Waals surface area contributed by atoms with Crippen LogP contribution in [0.2, 0.25) is 0 Å². The summed E-state index contributed by atoms with van der Waals surface area (Å²) in [5, 5.41) is 5.19. The van der Waals surface area contributed by atoms with Gasteiger partial charge in [-0.1, -0.05) is 12.1 Å². The Hall–Kier alpha value is -1.46. The summed E-state index contributed by atoms with van der Waals surface area (Å²) in [5.74, 6) is -0.447. The number of carbonyl (C=O) groups excluding carboxylic acids is 2. The predicted molar refractivity (Wildman–Crippen MR) is 78.1 cm³/mol. The normalized spacial score (nSPS) is 10.2. The first-order valence-electron chi connectivity index (χ1n) is 6.04. The van der Waals surface area contributed by atoms with E-state index in [0.29, 0.717) is 17.9 Å². The van der Waals surface area contributed by atoms with Gasteiger partial charge in [-0.05, 0) is 24.6 Å². The van der Waals surface area contributed by atoms with Crippen LogP contribution in [0.4, 0.5) is 0 Å². The van der Waals surface area contributed by atoms with Crippen LogP contribution in [-0.4, -0.2) is 30.2 Å². The fourth-order valence-electron chi connectivity index (χ4n) is 1.53. The number of ether oxygens (including phenoxy) is 1. The maximum absolute atomic E-state index is 11.4. The van der Waals surface area contributed by atoms with Gasteiger partial charge in [-0.3, -0.25) is 9.59 Å². The number of halogens is 2. The summed E-state index contributed by atoms with van der Waals surface area (Å²) in [7, 11) is 0. The van der Waals surface area contributed by atoms with Gasteiger partial charge in [0, 0.05) is 0 Å². The lowest BCUT2D eigenvalue weighted by molar-refractivity contribution is -0.122. The molecule has 0 bridgehead atoms. The summed E-state index contributed by atoms with van der Waals surface area (Å²) in [4.78, 5) is 22.8. The van der Waals surface area contributed by atoms with Gasteiger partial charge in [0.25, 0.3) is 0 Å². The summed E-state index contributed by atoms with van der Waals surface area (Å²) in [6.07, 6.45) is -0.678. The fourth-order valence-corrected chi connectivity index (χ4v) is 1.68. The highest BCUT2D eigenvalue weighted by Crippen LogP contribution is 2.16. The van der Waals surface area contributed by atoms with Gasteiger partial charge in [0.2, 0.25) is 11.8 Å². The minimum Gasteiger partial charge on any atom is -0.494 e. The molecule has 0 aliphatic rings. The van der Waals surface area contributed by atoms with Crippen molar-refractivity contribution in [1.29, 1.82) is 0 Å². The first-order valence-corrected chi connectivity index (χ1v) is 7.11. The summed E-state index contributed by atoms with van der Waals surface area (Å²) >= 11 is 10.9. The Morgan fingerprint density at radius 2 is 1.60 bits per heavy atom. The van der Waals surface area contributed by atoms with Crippen LogP contribution in [0.1, 0.15) is 18.7 Å². The number of benzene rings is 1. The second-order valence-corrected chi connectivity index (χ2v) is 4.37. The first-order chi connectivity index (χ1) is 9.60. The van der Waals surface area contributed by atoms with Gasteiger partial charge in [-0.25, -0.2) is 0 Å². The molecule has 0 aromatic heterocycles. The molecule has 0 radical (unpaired) electrons. The van der Waals surface area contributed by atoms with E-state index >= 15 is 0 Å². The van der Waals surface area contributed by atoms with Crippen molar-refractivity contribution >= 4 is 35.0 Å². The van der Waals surface area contributed by atoms with Crippen LogP contribution in [0.15, 0.2) is 24.3 Å². The van der Waals surface area contributed by atoms with Gasteiger partial charge < -0.3 is 15.4 Å². The van der Waals surface area contributed by atoms with Gasteiger partial charge in [-0.2, -0.15) is 0 Å². The Bertz CT molecular complexity index is 433. The van der Waals surface area contributed by atoms with Crippen LogP contribution < -0.4 is 15.4 Å². The highest BCUT2D eigenvalue weighted by Gasteiger charge is 2.16. The molecule has 7 heteroatoms. The van der Waals surface area contributed by atoms with Gasteiger partial charge in [0.05, 0.1) is 6.61 Å². The monoisotopic (exact) mass is 318 g/mol. The molecule has 0 aliphatic heterocycles. The highest BCUT2D eigenvalue weighted by molar-refractivity contribution is 6.27. The van der Waals surface area contributed by atoms with Gasteiger partial charge in [0.1, 0.15) is 23.7 Å². The molecule has 1 aromatic rings. The van der Waals surface area contributed by atoms with Crippen LogP contribution in [0.5, 0.6) is 5.75 Å². The van der Waals surface area contributed by atoms with Crippen molar-refractivity contribution in [3.8, 4) is 5.75 Å². The maximum Gasteiger partial charge on any atom is 0.236 e. The smallest absolute Gasteiger partial charge is 0.236 e. The quantitative estimate of drug-likeness (QED) is 0.595. The molecule has 1 aromatic carbocycles. The van der Waals surface area contributed by atoms with E-state index in [1.807, 2.05) is 6.92 Å². The Labute approximate surface area is 127 Å². The first kappa shape index (κ1) is 16.6. The number of alkyl halides is 2. The van der Waals surface area contributed by atoms with E-state index in [1.165, 1.54) is 0 Å². The Morgan fingerprint density at radius 3 is 2.00 bits per heavy atom. The molecule has 5 nitrogen and oxygen atoms in total. The molecule has 0 unspecified atom stereocenters. The van der Waals surface area contributed by atoms with E-state index in [-0.39, 0.29) is 23.6 Å². The zero-order valence-electron chi connectivity index (χ0n) is 11.0. The molecule has 0 aliphatic carbocycles. The SMILES string of the molecule is CCOc1ccc(C(NC(=O)CCl)NC(=O)CCl)cc1. The van der Waals surface area contributed by atoms with Crippen molar-refractivity contribution in [2.24, 2.45) is 0 Å². The molecule has 1 rings (SSSR count). The summed E-state index contributed by atoms with van der Waals surface area (Å²) < 4.78 is 5.33. The van der Waals surface area contributed by atoms with Crippen LogP contribution in [-0.2, 0) is 9.59 Å². The molecule has 110 valence electrons. The van der Waals surface area contributed by atoms with Crippen molar-refractivity contribution in [3.63, 3.8) is 0 Å². The van der Waals surface area contributed by atoms with Crippen molar-refractivity contribution < 1.29 is 14.3 Å². The molecule has 0 atom stereocenters. The van der Waals surface area contributed by atoms with E-state index < -0.39 is 6.17 Å². The topological polar surface area (TPSA) is 67.4 Å². The Morgan fingerprint density at radius 1 is 1.10 bits per heavy atom. The number of carbonyl (C=O) groups is 2. The van der Waals surface area contributed by atoms with Crippen LogP contribution in [0, 0.1) is 0 Å². The standard InChI is InChI=1S/C13H16Cl2N2O3/c1-2-20-10-5-3-9(4-6-10)13(16-11(18)7-14)17-12(19)8-15/h3-6,13H,2,7-8H2,1H3,(H,16,18)(H,17,19). The van der Waals surface area contributed by atoms with E-state index in [9.17, 15) is 9.59 Å². The zero-order valence-corrected chi connectivity index (χ0v) is 12.5. The average Bonchev–Trinajstić information content (AvgIpc) is 2.47. The minimum absolute atomic E-state index is 0.190. The lowest BCUT2D eigenvalue weighted by Crippen LogP contribution is -2.42. The lowest BCUT2D eigenvalue weighted by Gasteiger charge is -2.20. The number of amides is 2. The summed E-state index contributed by atoms with van der Waals surface area (Å²) in [5.41, 5.74) is 0.699. The molecular weight excluding hydrogens is 303 g/mol. The maximum atomic E-state index is 11.4. The van der Waals surface area contributed by atoms with Crippen LogP contribution in [0.3, 0.4) is 0 Å². The Kier molecular flexibility index (Phi) is 7.18. The molecule has 0 heterocycles. The number of rotatable bonds is 7. The van der Waals surface area contributed by atoms with Crippen molar-refractivity contribution in [3.05, 3.63) is 29.8 Å². The van der Waals surface area contributed by atoms with E-state index in [4.69, 9.17) is 27.9 Å². The van der Waals surface area contributed by atoms with Crippen molar-refractivity contribution in [2.45, 2.75) is 13.1 Å². The molecular formula is C13H16Cl2N2O3. The van der Waals surface area contributed by atoms with Gasteiger partial charge in [0.15, 0.2) is 0 Å². The van der Waals surface area contributed by atoms with E-state index in [0.717, 1.165) is 0 Å². The largest absolute Gasteiger partial charge is 0.494 e. The number of hydrogen-bond acceptors (Lipinski definition) is 3. The molecule has 2 N–H and O–H groups in total. The second-order valence-electron chi connectivity index (χ2n) is 3.84. The van der Waals surface area contributed by atoms with E-state index in [1.54, 1.807) is 24.3 Å². The minimum atomic E-state index is -0.678. The highest BCUT2D eigenvalue weighted by atomic mass is 35.5. The number of nitrogens with one attached hydrogen (secondary N) is 2. The molecule has 0 fully saturated rings. The predicted octanol–water partition coefficient (Wildman–Crippen LogP) is 1.79. The van der Waals surface area contributed by atoms with Crippen molar-refractivity contribution in [1.82, 2.24) is 10.6 Å². The second kappa shape index (κ2) is 8.66. The third-order valence-electron chi connectivity index (χ3n) is 2.38. The average molecular weight is 319 g/mol. The van der Waals surface area contributed by atoms with Crippen LogP contribution >= 0.6 is 23.2 Å². The zero-order chi connectivity index (χ0) is 15.0. The van der Waals surface area contributed by atoms with Gasteiger partial charge in [-0.15, -0.1) is 23.2 Å². The van der Waals surface area contributed by atoms with Gasteiger partial charge >= 0.3 is 0 Å². The summed E-state index contributed by atoms with van der Waals surface area (Å²) in [6, 6.07) is 7.01. The van der Waals surface area contributed by atoms with E-state index in [2.05, 4.69) is 10.6 Å². The van der Waals surface area contributed by atoms with Crippen LogP contribution in [0.25, 0.3) is 0 Å². The van der Waals surface area contributed by atoms with Crippen molar-refractivity contribution in [2.75, 3.05) is 18.4 Å². The molecule has 0 spiro atoms. The summed E-state index contributed by atoms with van der Waals surface area (Å²) in [6.45, 7) is 2.45. The molecule has 0 saturated heterocycles.